The fraction of sp³-hybridized carbons (Fsp3) is 0.688. The van der Waals surface area contributed by atoms with Gasteiger partial charge in [0, 0.05) is 18.9 Å². The third-order valence-electron chi connectivity index (χ3n) is 5.09. The lowest BCUT2D eigenvalue weighted by atomic mass is 9.91. The zero-order chi connectivity index (χ0) is 15.4. The van der Waals surface area contributed by atoms with E-state index in [1.165, 1.54) is 18.4 Å². The number of H-pyrrole nitrogens is 1. The molecule has 3 rings (SSSR count). The Morgan fingerprint density at radius 1 is 1.27 bits per heavy atom. The maximum Gasteiger partial charge on any atom is 0.260 e. The molecule has 3 N–H and O–H groups in total. The smallest absolute Gasteiger partial charge is 0.260 e. The normalized spacial score (nSPS) is 25.2. The van der Waals surface area contributed by atoms with Crippen LogP contribution in [0.3, 0.4) is 0 Å². The number of carbonyl (C=O) groups excluding carboxylic acids is 1. The van der Waals surface area contributed by atoms with Crippen molar-refractivity contribution in [2.24, 2.45) is 0 Å². The number of aromatic amines is 1. The van der Waals surface area contributed by atoms with Crippen LogP contribution in [0.1, 0.15) is 43.6 Å². The average molecular weight is 306 g/mol. The monoisotopic (exact) mass is 306 g/mol. The van der Waals surface area contributed by atoms with Gasteiger partial charge in [-0.25, -0.2) is 5.48 Å². The highest BCUT2D eigenvalue weighted by Gasteiger charge is 2.30. The molecule has 0 saturated carbocycles. The second kappa shape index (κ2) is 7.26. The number of hydrogen-bond donors (Lipinski definition) is 3. The molecule has 1 atom stereocenters. The van der Waals surface area contributed by atoms with Crippen molar-refractivity contribution in [1.82, 2.24) is 20.3 Å². The summed E-state index contributed by atoms with van der Waals surface area (Å²) in [6.07, 6.45) is 9.47. The summed E-state index contributed by atoms with van der Waals surface area (Å²) in [6, 6.07) is 1.99. The number of rotatable bonds is 4. The molecule has 1 aromatic heterocycles. The van der Waals surface area contributed by atoms with Gasteiger partial charge < -0.3 is 4.98 Å². The third-order valence-corrected chi connectivity index (χ3v) is 5.09. The van der Waals surface area contributed by atoms with Crippen LogP contribution in [0.15, 0.2) is 18.5 Å². The Bertz CT molecular complexity index is 469. The minimum atomic E-state index is -0.262. The SMILES string of the molecule is O=C(NO)[C@H]1CCCCN1CN1CCC(c2cc[nH]c2)CC1. The maximum absolute atomic E-state index is 11.8. The summed E-state index contributed by atoms with van der Waals surface area (Å²) in [6.45, 7) is 3.91. The lowest BCUT2D eigenvalue weighted by molar-refractivity contribution is -0.137. The summed E-state index contributed by atoms with van der Waals surface area (Å²) in [7, 11) is 0. The largest absolute Gasteiger partial charge is 0.367 e. The van der Waals surface area contributed by atoms with Crippen LogP contribution in [0.5, 0.6) is 0 Å². The van der Waals surface area contributed by atoms with E-state index in [1.807, 2.05) is 11.7 Å². The first-order valence-electron chi connectivity index (χ1n) is 8.31. The standard InChI is InChI=1S/C16H26N4O2/c21-16(18-22)15-3-1-2-8-20(15)12-19-9-5-13(6-10-19)14-4-7-17-11-14/h4,7,11,13,15,17,22H,1-3,5-6,8-10,12H2,(H,18,21)/t15-/m1/s1. The molecule has 22 heavy (non-hydrogen) atoms. The van der Waals surface area contributed by atoms with E-state index < -0.39 is 0 Å². The molecule has 2 aliphatic rings. The van der Waals surface area contributed by atoms with Crippen LogP contribution in [0, 0.1) is 0 Å². The molecule has 1 amide bonds. The molecule has 2 saturated heterocycles. The van der Waals surface area contributed by atoms with Crippen LogP contribution in [0.4, 0.5) is 0 Å². The first kappa shape index (κ1) is 15.5. The van der Waals surface area contributed by atoms with E-state index in [2.05, 4.69) is 27.0 Å². The van der Waals surface area contributed by atoms with E-state index in [0.29, 0.717) is 5.92 Å². The number of hydrogen-bond acceptors (Lipinski definition) is 4. The zero-order valence-electron chi connectivity index (χ0n) is 13.0. The Labute approximate surface area is 131 Å². The summed E-state index contributed by atoms with van der Waals surface area (Å²) in [4.78, 5) is 19.6. The van der Waals surface area contributed by atoms with Gasteiger partial charge in [-0.1, -0.05) is 6.42 Å². The molecule has 1 aromatic rings. The van der Waals surface area contributed by atoms with Gasteiger partial charge in [-0.3, -0.25) is 19.8 Å². The summed E-state index contributed by atoms with van der Waals surface area (Å²) in [5.74, 6) is 0.391. The zero-order valence-corrected chi connectivity index (χ0v) is 13.0. The van der Waals surface area contributed by atoms with E-state index in [0.717, 1.165) is 45.6 Å². The number of nitrogens with zero attached hydrogens (tertiary/aromatic N) is 2. The second-order valence-electron chi connectivity index (χ2n) is 6.48. The number of nitrogens with one attached hydrogen (secondary N) is 2. The van der Waals surface area contributed by atoms with Crippen molar-refractivity contribution >= 4 is 5.91 Å². The van der Waals surface area contributed by atoms with Gasteiger partial charge in [-0.05, 0) is 56.3 Å². The van der Waals surface area contributed by atoms with Gasteiger partial charge in [0.15, 0.2) is 0 Å². The predicted octanol–water partition coefficient (Wildman–Crippen LogP) is 1.51. The molecule has 0 aromatic carbocycles. The fourth-order valence-corrected chi connectivity index (χ4v) is 3.79. The number of amides is 1. The highest BCUT2D eigenvalue weighted by molar-refractivity contribution is 5.80. The van der Waals surface area contributed by atoms with Gasteiger partial charge in [0.25, 0.3) is 5.91 Å². The molecule has 6 nitrogen and oxygen atoms in total. The molecule has 0 aliphatic carbocycles. The lowest BCUT2D eigenvalue weighted by Crippen LogP contribution is -2.53. The van der Waals surface area contributed by atoms with Crippen molar-refractivity contribution in [3.8, 4) is 0 Å². The van der Waals surface area contributed by atoms with Crippen LogP contribution in [0.25, 0.3) is 0 Å². The van der Waals surface area contributed by atoms with Crippen molar-refractivity contribution in [3.05, 3.63) is 24.0 Å². The highest BCUT2D eigenvalue weighted by Crippen LogP contribution is 2.28. The van der Waals surface area contributed by atoms with Crippen LogP contribution in [-0.4, -0.2) is 58.2 Å². The van der Waals surface area contributed by atoms with E-state index in [1.54, 1.807) is 0 Å². The average Bonchev–Trinajstić information content (AvgIpc) is 3.10. The van der Waals surface area contributed by atoms with Gasteiger partial charge in [0.05, 0.1) is 12.7 Å². The number of hydroxylamine groups is 1. The van der Waals surface area contributed by atoms with E-state index in [-0.39, 0.29) is 11.9 Å². The number of aromatic nitrogens is 1. The maximum atomic E-state index is 11.8. The van der Waals surface area contributed by atoms with Crippen LogP contribution < -0.4 is 5.48 Å². The molecular weight excluding hydrogens is 280 g/mol. The molecule has 0 spiro atoms. The van der Waals surface area contributed by atoms with Crippen molar-refractivity contribution in [3.63, 3.8) is 0 Å². The van der Waals surface area contributed by atoms with Crippen molar-refractivity contribution < 1.29 is 10.0 Å². The quantitative estimate of drug-likeness (QED) is 0.582. The Hall–Kier alpha value is -1.37. The minimum absolute atomic E-state index is 0.179. The Balaban J connectivity index is 1.52. The third kappa shape index (κ3) is 3.51. The molecule has 2 fully saturated rings. The molecule has 3 heterocycles. The van der Waals surface area contributed by atoms with Gasteiger partial charge in [-0.2, -0.15) is 0 Å². The fourth-order valence-electron chi connectivity index (χ4n) is 3.79. The van der Waals surface area contributed by atoms with E-state index >= 15 is 0 Å². The Morgan fingerprint density at radius 3 is 2.77 bits per heavy atom. The topological polar surface area (TPSA) is 71.6 Å². The number of likely N-dealkylation sites (tertiary alicyclic amines) is 2. The van der Waals surface area contributed by atoms with Gasteiger partial charge in [0.2, 0.25) is 0 Å². The predicted molar refractivity (Wildman–Crippen MR) is 83.5 cm³/mol. The van der Waals surface area contributed by atoms with Crippen molar-refractivity contribution in [2.75, 3.05) is 26.3 Å². The number of carbonyl (C=O) groups is 1. The summed E-state index contributed by atoms with van der Waals surface area (Å²) in [5, 5.41) is 8.91. The Morgan fingerprint density at radius 2 is 2.09 bits per heavy atom. The molecule has 122 valence electrons. The first-order chi connectivity index (χ1) is 10.8. The van der Waals surface area contributed by atoms with Crippen LogP contribution >= 0.6 is 0 Å². The number of piperidine rings is 2. The van der Waals surface area contributed by atoms with Crippen LogP contribution in [-0.2, 0) is 4.79 Å². The van der Waals surface area contributed by atoms with E-state index in [4.69, 9.17) is 5.21 Å². The molecule has 6 heteroatoms. The highest BCUT2D eigenvalue weighted by atomic mass is 16.5. The molecule has 0 unspecified atom stereocenters. The molecule has 0 radical (unpaired) electrons. The molecular formula is C16H26N4O2. The van der Waals surface area contributed by atoms with Gasteiger partial charge in [-0.15, -0.1) is 0 Å². The van der Waals surface area contributed by atoms with Gasteiger partial charge >= 0.3 is 0 Å². The lowest BCUT2D eigenvalue weighted by Gasteiger charge is -2.40. The second-order valence-corrected chi connectivity index (χ2v) is 6.48. The first-order valence-corrected chi connectivity index (χ1v) is 8.31. The van der Waals surface area contributed by atoms with Crippen molar-refractivity contribution in [1.29, 1.82) is 0 Å². The molecule has 0 bridgehead atoms. The summed E-state index contributed by atoms with van der Waals surface area (Å²) >= 11 is 0. The molecule has 2 aliphatic heterocycles. The minimum Gasteiger partial charge on any atom is -0.367 e. The van der Waals surface area contributed by atoms with Crippen LogP contribution in [0.2, 0.25) is 0 Å². The Kier molecular flexibility index (Phi) is 5.12. The van der Waals surface area contributed by atoms with E-state index in [9.17, 15) is 4.79 Å². The summed E-state index contributed by atoms with van der Waals surface area (Å²) < 4.78 is 0. The van der Waals surface area contributed by atoms with Gasteiger partial charge in [0.1, 0.15) is 0 Å². The summed E-state index contributed by atoms with van der Waals surface area (Å²) in [5.41, 5.74) is 3.24. The van der Waals surface area contributed by atoms with Crippen molar-refractivity contribution in [2.45, 2.75) is 44.1 Å².